The van der Waals surface area contributed by atoms with E-state index < -0.39 is 0 Å². The molecule has 142 valence electrons. The molecule has 3 heterocycles. The first kappa shape index (κ1) is 18.3. The van der Waals surface area contributed by atoms with E-state index in [9.17, 15) is 4.79 Å². The van der Waals surface area contributed by atoms with Crippen LogP contribution in [-0.4, -0.2) is 35.4 Å². The fourth-order valence-electron chi connectivity index (χ4n) is 4.16. The second-order valence-electron chi connectivity index (χ2n) is 7.29. The van der Waals surface area contributed by atoms with Crippen LogP contribution in [0, 0.1) is 6.92 Å². The van der Waals surface area contributed by atoms with Crippen molar-refractivity contribution in [1.82, 2.24) is 9.88 Å². The number of likely N-dealkylation sites (tertiary alicyclic amines) is 1. The lowest BCUT2D eigenvalue weighted by molar-refractivity contribution is -0.127. The molecule has 4 rings (SSSR count). The fraction of sp³-hybridized carbons (Fsp3) is 0.400. The van der Waals surface area contributed by atoms with Crippen LogP contribution < -0.4 is 10.2 Å². The van der Waals surface area contributed by atoms with Crippen molar-refractivity contribution in [1.29, 1.82) is 0 Å². The van der Waals surface area contributed by atoms with Crippen LogP contribution in [0.2, 0.25) is 5.02 Å². The first-order valence-corrected chi connectivity index (χ1v) is 10.3. The number of fused-ring (bicyclic) bond motifs is 2. The monoisotopic (exact) mass is 402 g/mol. The molecular formula is C20H23ClN4OS. The number of anilines is 2. The van der Waals surface area contributed by atoms with E-state index in [1.807, 2.05) is 24.1 Å². The maximum absolute atomic E-state index is 11.9. The second-order valence-corrected chi connectivity index (χ2v) is 8.96. The van der Waals surface area contributed by atoms with Crippen molar-refractivity contribution in [2.45, 2.75) is 32.6 Å². The predicted octanol–water partition coefficient (Wildman–Crippen LogP) is 4.39. The summed E-state index contributed by atoms with van der Waals surface area (Å²) in [7, 11) is 0. The van der Waals surface area contributed by atoms with Gasteiger partial charge in [0.15, 0.2) is 5.13 Å². The van der Waals surface area contributed by atoms with Gasteiger partial charge in [0.2, 0.25) is 5.91 Å². The Balaban J connectivity index is 1.70. The van der Waals surface area contributed by atoms with Gasteiger partial charge < -0.3 is 15.1 Å². The third-order valence-corrected chi connectivity index (χ3v) is 6.56. The first-order chi connectivity index (χ1) is 12.9. The summed E-state index contributed by atoms with van der Waals surface area (Å²) in [4.78, 5) is 21.8. The Morgan fingerprint density at radius 3 is 2.85 bits per heavy atom. The summed E-state index contributed by atoms with van der Waals surface area (Å²) in [6.45, 7) is 8.08. The number of carbonyl (C=O) groups excluding carboxylic acids is 1. The van der Waals surface area contributed by atoms with Crippen molar-refractivity contribution >= 4 is 39.7 Å². The molecule has 0 saturated carbocycles. The van der Waals surface area contributed by atoms with Gasteiger partial charge in [-0.2, -0.15) is 0 Å². The molecule has 2 aromatic rings. The second kappa shape index (κ2) is 6.84. The number of carbonyl (C=O) groups is 1. The molecule has 0 radical (unpaired) electrons. The molecule has 2 aliphatic heterocycles. The molecule has 0 bridgehead atoms. The van der Waals surface area contributed by atoms with Gasteiger partial charge >= 0.3 is 0 Å². The molecule has 2 aliphatic rings. The molecule has 27 heavy (non-hydrogen) atoms. The van der Waals surface area contributed by atoms with Gasteiger partial charge in [0, 0.05) is 53.8 Å². The highest BCUT2D eigenvalue weighted by atomic mass is 35.5. The Hall–Kier alpha value is -2.05. The molecule has 1 spiro atoms. The van der Waals surface area contributed by atoms with E-state index in [4.69, 9.17) is 11.6 Å². The number of aromatic nitrogens is 1. The van der Waals surface area contributed by atoms with Crippen LogP contribution >= 0.6 is 22.9 Å². The molecule has 1 saturated heterocycles. The quantitative estimate of drug-likeness (QED) is 0.827. The summed E-state index contributed by atoms with van der Waals surface area (Å²) in [5.41, 5.74) is 2.30. The Morgan fingerprint density at radius 2 is 2.22 bits per heavy atom. The highest BCUT2D eigenvalue weighted by Gasteiger charge is 2.48. The number of halogens is 1. The number of hydrogen-bond acceptors (Lipinski definition) is 5. The van der Waals surface area contributed by atoms with Crippen LogP contribution in [0.5, 0.6) is 0 Å². The topological polar surface area (TPSA) is 48.5 Å². The minimum absolute atomic E-state index is 0.0827. The number of rotatable bonds is 3. The van der Waals surface area contributed by atoms with Crippen molar-refractivity contribution in [3.63, 3.8) is 0 Å². The molecule has 1 atom stereocenters. The minimum atomic E-state index is -0.0827. The summed E-state index contributed by atoms with van der Waals surface area (Å²) in [5, 5.41) is 5.09. The van der Waals surface area contributed by atoms with Crippen molar-refractivity contribution < 1.29 is 4.79 Å². The summed E-state index contributed by atoms with van der Waals surface area (Å²) < 4.78 is 0. The van der Waals surface area contributed by atoms with E-state index in [1.54, 1.807) is 18.3 Å². The van der Waals surface area contributed by atoms with Crippen LogP contribution in [0.3, 0.4) is 0 Å². The molecule has 1 N–H and O–H groups in total. The van der Waals surface area contributed by atoms with E-state index in [0.29, 0.717) is 0 Å². The molecule has 1 amide bonds. The molecule has 7 heteroatoms. The normalized spacial score (nSPS) is 21.9. The largest absolute Gasteiger partial charge is 0.342 e. The number of thiazole rings is 1. The predicted molar refractivity (Wildman–Crippen MR) is 112 cm³/mol. The Labute approximate surface area is 168 Å². The molecule has 1 aromatic heterocycles. The number of nitrogens with zero attached hydrogens (tertiary/aromatic N) is 3. The number of nitrogens with one attached hydrogen (secondary N) is 1. The average molecular weight is 403 g/mol. The lowest BCUT2D eigenvalue weighted by atomic mass is 9.81. The third kappa shape index (κ3) is 3.21. The van der Waals surface area contributed by atoms with Crippen molar-refractivity contribution in [3.05, 3.63) is 51.8 Å². The Bertz CT molecular complexity index is 924. The van der Waals surface area contributed by atoms with Gasteiger partial charge in [-0.15, -0.1) is 11.3 Å². The molecular weight excluding hydrogens is 380 g/mol. The summed E-state index contributed by atoms with van der Waals surface area (Å²) >= 11 is 7.98. The van der Waals surface area contributed by atoms with Crippen molar-refractivity contribution in [2.75, 3.05) is 29.9 Å². The number of allylic oxidation sites excluding steroid dienone is 1. The highest BCUT2D eigenvalue weighted by molar-refractivity contribution is 7.15. The molecule has 5 nitrogen and oxygen atoms in total. The lowest BCUT2D eigenvalue weighted by Crippen LogP contribution is -2.38. The number of amides is 1. The first-order valence-electron chi connectivity index (χ1n) is 9.11. The van der Waals surface area contributed by atoms with Crippen molar-refractivity contribution in [3.8, 4) is 0 Å². The van der Waals surface area contributed by atoms with Gasteiger partial charge in [-0.3, -0.25) is 4.79 Å². The minimum Gasteiger partial charge on any atom is -0.342 e. The number of aryl methyl sites for hydroxylation is 1. The Morgan fingerprint density at radius 1 is 1.41 bits per heavy atom. The summed E-state index contributed by atoms with van der Waals surface area (Å²) in [5.74, 6) is 1.14. The van der Waals surface area contributed by atoms with Crippen molar-refractivity contribution in [2.24, 2.45) is 0 Å². The van der Waals surface area contributed by atoms with E-state index in [-0.39, 0.29) is 11.3 Å². The maximum atomic E-state index is 11.9. The zero-order valence-corrected chi connectivity index (χ0v) is 17.3. The van der Waals surface area contributed by atoms with Crippen LogP contribution in [0.25, 0.3) is 0 Å². The van der Waals surface area contributed by atoms with E-state index in [2.05, 4.69) is 40.3 Å². The SMILES string of the molecule is CC=C(Nc1ncc(C)s1)N1C[C@]2(CCN(C(C)=O)C2)c2cc(Cl)ccc21. The van der Waals surface area contributed by atoms with E-state index in [1.165, 1.54) is 10.4 Å². The van der Waals surface area contributed by atoms with E-state index in [0.717, 1.165) is 47.7 Å². The standard InChI is InChI=1S/C20H23ClN4OS/c1-4-18(23-19-22-10-13(2)27-19)25-12-20(7-8-24(11-20)14(3)26)16-9-15(21)5-6-17(16)25/h4-6,9-10H,7-8,11-12H2,1-3H3,(H,22,23)/t20-/m1/s1. The van der Waals surface area contributed by atoms with Gasteiger partial charge in [-0.25, -0.2) is 4.98 Å². The smallest absolute Gasteiger partial charge is 0.219 e. The van der Waals surface area contributed by atoms with Gasteiger partial charge in [-0.1, -0.05) is 11.6 Å². The van der Waals surface area contributed by atoms with E-state index >= 15 is 0 Å². The summed E-state index contributed by atoms with van der Waals surface area (Å²) in [6.07, 6.45) is 4.90. The zero-order chi connectivity index (χ0) is 19.2. The van der Waals surface area contributed by atoms with Crippen LogP contribution in [0.4, 0.5) is 10.8 Å². The Kier molecular flexibility index (Phi) is 4.64. The van der Waals surface area contributed by atoms with Gasteiger partial charge in [0.25, 0.3) is 0 Å². The van der Waals surface area contributed by atoms with Crippen LogP contribution in [0.1, 0.15) is 30.7 Å². The average Bonchev–Trinajstić information content (AvgIpc) is 3.32. The van der Waals surface area contributed by atoms with Gasteiger partial charge in [0.1, 0.15) is 5.82 Å². The highest BCUT2D eigenvalue weighted by Crippen LogP contribution is 2.48. The fourth-order valence-corrected chi connectivity index (χ4v) is 5.01. The zero-order valence-electron chi connectivity index (χ0n) is 15.8. The summed E-state index contributed by atoms with van der Waals surface area (Å²) in [6, 6.07) is 6.09. The lowest BCUT2D eigenvalue weighted by Gasteiger charge is -2.27. The van der Waals surface area contributed by atoms with Gasteiger partial charge in [0.05, 0.1) is 0 Å². The number of benzene rings is 1. The molecule has 0 aliphatic carbocycles. The molecule has 0 unspecified atom stereocenters. The third-order valence-electron chi connectivity index (χ3n) is 5.50. The molecule has 1 fully saturated rings. The van der Waals surface area contributed by atoms with Gasteiger partial charge in [-0.05, 0) is 50.1 Å². The van der Waals surface area contributed by atoms with Crippen LogP contribution in [-0.2, 0) is 10.2 Å². The maximum Gasteiger partial charge on any atom is 0.219 e. The molecule has 1 aromatic carbocycles. The number of hydrogen-bond donors (Lipinski definition) is 1. The van der Waals surface area contributed by atoms with Crippen LogP contribution in [0.15, 0.2) is 36.3 Å².